The summed E-state index contributed by atoms with van der Waals surface area (Å²) in [6, 6.07) is 3.97. The Bertz CT molecular complexity index is 591. The Kier molecular flexibility index (Phi) is 5.45. The van der Waals surface area contributed by atoms with E-state index in [0.29, 0.717) is 19.1 Å². The summed E-state index contributed by atoms with van der Waals surface area (Å²) in [5, 5.41) is 2.92. The van der Waals surface area contributed by atoms with Gasteiger partial charge in [0.05, 0.1) is 20.3 Å². The molecule has 0 bridgehead atoms. The molecule has 1 aromatic carbocycles. The first-order valence-electron chi connectivity index (χ1n) is 8.59. The molecule has 2 heterocycles. The minimum Gasteiger partial charge on any atom is -0.496 e. The normalized spacial score (nSPS) is 20.5. The largest absolute Gasteiger partial charge is 0.496 e. The highest BCUT2D eigenvalue weighted by molar-refractivity contribution is 5.72. The van der Waals surface area contributed by atoms with Gasteiger partial charge in [-0.2, -0.15) is 0 Å². The first-order chi connectivity index (χ1) is 11.7. The standard InChI is InChI=1S/C18H26N2O4/c1-13(21)19-10-14-4-5-20(11-14)12-15-8-17-18(9-16(15)22-2)24-7-3-6-23-17/h8-9,14H,3-7,10-12H2,1-2H3,(H,19,21)/t14-/m1/s1. The molecule has 0 aliphatic carbocycles. The highest BCUT2D eigenvalue weighted by atomic mass is 16.5. The molecule has 0 saturated carbocycles. The topological polar surface area (TPSA) is 60.0 Å². The first-order valence-corrected chi connectivity index (χ1v) is 8.59. The lowest BCUT2D eigenvalue weighted by atomic mass is 10.1. The van der Waals surface area contributed by atoms with Crippen LogP contribution >= 0.6 is 0 Å². The van der Waals surface area contributed by atoms with Gasteiger partial charge in [-0.15, -0.1) is 0 Å². The molecular weight excluding hydrogens is 308 g/mol. The maximum atomic E-state index is 11.1. The summed E-state index contributed by atoms with van der Waals surface area (Å²) >= 11 is 0. The maximum absolute atomic E-state index is 11.1. The van der Waals surface area contributed by atoms with Crippen molar-refractivity contribution < 1.29 is 19.0 Å². The van der Waals surface area contributed by atoms with Gasteiger partial charge in [0.25, 0.3) is 0 Å². The monoisotopic (exact) mass is 334 g/mol. The molecule has 0 spiro atoms. The summed E-state index contributed by atoms with van der Waals surface area (Å²) < 4.78 is 17.1. The van der Waals surface area contributed by atoms with E-state index in [-0.39, 0.29) is 5.91 Å². The van der Waals surface area contributed by atoms with Crippen molar-refractivity contribution in [1.82, 2.24) is 10.2 Å². The molecule has 0 radical (unpaired) electrons. The number of nitrogens with zero attached hydrogens (tertiary/aromatic N) is 1. The third-order valence-electron chi connectivity index (χ3n) is 4.55. The van der Waals surface area contributed by atoms with Gasteiger partial charge in [-0.25, -0.2) is 0 Å². The van der Waals surface area contributed by atoms with Crippen molar-refractivity contribution in [3.05, 3.63) is 17.7 Å². The van der Waals surface area contributed by atoms with Gasteiger partial charge in [0, 0.05) is 44.6 Å². The van der Waals surface area contributed by atoms with Gasteiger partial charge in [-0.1, -0.05) is 0 Å². The van der Waals surface area contributed by atoms with E-state index in [9.17, 15) is 4.79 Å². The van der Waals surface area contributed by atoms with E-state index >= 15 is 0 Å². The summed E-state index contributed by atoms with van der Waals surface area (Å²) in [5.74, 6) is 2.96. The smallest absolute Gasteiger partial charge is 0.216 e. The molecule has 6 heteroatoms. The van der Waals surface area contributed by atoms with Crippen molar-refractivity contribution in [1.29, 1.82) is 0 Å². The van der Waals surface area contributed by atoms with Crippen molar-refractivity contribution in [3.8, 4) is 17.2 Å². The van der Waals surface area contributed by atoms with Crippen LogP contribution in [-0.4, -0.2) is 50.8 Å². The first kappa shape index (κ1) is 16.9. The second-order valence-corrected chi connectivity index (χ2v) is 6.49. The van der Waals surface area contributed by atoms with Crippen LogP contribution in [0.5, 0.6) is 17.2 Å². The number of carbonyl (C=O) groups is 1. The third kappa shape index (κ3) is 4.12. The number of likely N-dealkylation sites (tertiary alicyclic amines) is 1. The summed E-state index contributed by atoms with van der Waals surface area (Å²) in [5.41, 5.74) is 1.11. The molecule has 0 unspecified atom stereocenters. The zero-order chi connectivity index (χ0) is 16.9. The SMILES string of the molecule is COc1cc2c(cc1CN1CC[C@H](CNC(C)=O)C1)OCCCO2. The minimum absolute atomic E-state index is 0.0398. The number of methoxy groups -OCH3 is 1. The van der Waals surface area contributed by atoms with Crippen molar-refractivity contribution >= 4 is 5.91 Å². The minimum atomic E-state index is 0.0398. The van der Waals surface area contributed by atoms with Crippen LogP contribution in [-0.2, 0) is 11.3 Å². The molecule has 1 amide bonds. The van der Waals surface area contributed by atoms with Crippen LogP contribution in [0.25, 0.3) is 0 Å². The lowest BCUT2D eigenvalue weighted by Crippen LogP contribution is -2.29. The van der Waals surface area contributed by atoms with Crippen LogP contribution < -0.4 is 19.5 Å². The van der Waals surface area contributed by atoms with Gasteiger partial charge in [0.1, 0.15) is 5.75 Å². The number of benzene rings is 1. The predicted octanol–water partition coefficient (Wildman–Crippen LogP) is 1.81. The van der Waals surface area contributed by atoms with Crippen LogP contribution in [0.15, 0.2) is 12.1 Å². The molecule has 0 aromatic heterocycles. The summed E-state index contributed by atoms with van der Waals surface area (Å²) in [4.78, 5) is 13.5. The van der Waals surface area contributed by atoms with Crippen LogP contribution in [0.1, 0.15) is 25.3 Å². The lowest BCUT2D eigenvalue weighted by molar-refractivity contribution is -0.119. The van der Waals surface area contributed by atoms with Crippen LogP contribution in [0.2, 0.25) is 0 Å². The van der Waals surface area contributed by atoms with Crippen LogP contribution in [0, 0.1) is 5.92 Å². The van der Waals surface area contributed by atoms with E-state index in [0.717, 1.165) is 61.8 Å². The number of nitrogens with one attached hydrogen (secondary N) is 1. The van der Waals surface area contributed by atoms with Crippen molar-refractivity contribution in [2.24, 2.45) is 5.92 Å². The highest BCUT2D eigenvalue weighted by Gasteiger charge is 2.24. The van der Waals surface area contributed by atoms with E-state index in [2.05, 4.69) is 10.2 Å². The number of hydrogen-bond acceptors (Lipinski definition) is 5. The van der Waals surface area contributed by atoms with Gasteiger partial charge < -0.3 is 19.5 Å². The van der Waals surface area contributed by atoms with Crippen LogP contribution in [0.4, 0.5) is 0 Å². The molecule has 1 atom stereocenters. The maximum Gasteiger partial charge on any atom is 0.216 e. The second kappa shape index (κ2) is 7.75. The number of carbonyl (C=O) groups excluding carboxylic acids is 1. The van der Waals surface area contributed by atoms with Gasteiger partial charge in [0.2, 0.25) is 5.91 Å². The summed E-state index contributed by atoms with van der Waals surface area (Å²) in [6.07, 6.45) is 2.00. The Morgan fingerprint density at radius 1 is 1.33 bits per heavy atom. The van der Waals surface area contributed by atoms with E-state index in [1.54, 1.807) is 14.0 Å². The van der Waals surface area contributed by atoms with E-state index in [4.69, 9.17) is 14.2 Å². The molecule has 1 N–H and O–H groups in total. The van der Waals surface area contributed by atoms with E-state index < -0.39 is 0 Å². The molecule has 6 nitrogen and oxygen atoms in total. The Morgan fingerprint density at radius 2 is 2.08 bits per heavy atom. The lowest BCUT2D eigenvalue weighted by Gasteiger charge is -2.19. The van der Waals surface area contributed by atoms with Gasteiger partial charge in [-0.05, 0) is 24.9 Å². The summed E-state index contributed by atoms with van der Waals surface area (Å²) in [6.45, 7) is 6.50. The predicted molar refractivity (Wildman–Crippen MR) is 90.7 cm³/mol. The molecule has 1 saturated heterocycles. The molecule has 2 aliphatic heterocycles. The Morgan fingerprint density at radius 3 is 2.79 bits per heavy atom. The van der Waals surface area contributed by atoms with Gasteiger partial charge >= 0.3 is 0 Å². The molecule has 1 fully saturated rings. The van der Waals surface area contributed by atoms with E-state index in [1.807, 2.05) is 12.1 Å². The number of hydrogen-bond donors (Lipinski definition) is 1. The van der Waals surface area contributed by atoms with Gasteiger partial charge in [0.15, 0.2) is 11.5 Å². The Hall–Kier alpha value is -1.95. The average Bonchev–Trinajstić information content (AvgIpc) is 2.88. The fraction of sp³-hybridized carbons (Fsp3) is 0.611. The zero-order valence-electron chi connectivity index (χ0n) is 14.5. The highest BCUT2D eigenvalue weighted by Crippen LogP contribution is 2.37. The van der Waals surface area contributed by atoms with E-state index in [1.165, 1.54) is 0 Å². The van der Waals surface area contributed by atoms with Crippen molar-refractivity contribution in [2.75, 3.05) is 40.0 Å². The summed E-state index contributed by atoms with van der Waals surface area (Å²) in [7, 11) is 1.69. The van der Waals surface area contributed by atoms with Crippen molar-refractivity contribution in [2.45, 2.75) is 26.3 Å². The molecule has 132 valence electrons. The van der Waals surface area contributed by atoms with Crippen LogP contribution in [0.3, 0.4) is 0 Å². The number of rotatable bonds is 5. The molecule has 24 heavy (non-hydrogen) atoms. The fourth-order valence-electron chi connectivity index (χ4n) is 3.30. The van der Waals surface area contributed by atoms with Gasteiger partial charge in [-0.3, -0.25) is 9.69 Å². The second-order valence-electron chi connectivity index (χ2n) is 6.49. The zero-order valence-corrected chi connectivity index (χ0v) is 14.5. The molecule has 2 aliphatic rings. The molecule has 1 aromatic rings. The quantitative estimate of drug-likeness (QED) is 0.890. The Labute approximate surface area is 143 Å². The number of amides is 1. The number of ether oxygens (including phenoxy) is 3. The molecular formula is C18H26N2O4. The number of fused-ring (bicyclic) bond motifs is 1. The Balaban J connectivity index is 1.66. The van der Waals surface area contributed by atoms with Crippen molar-refractivity contribution in [3.63, 3.8) is 0 Å². The fourth-order valence-corrected chi connectivity index (χ4v) is 3.30. The average molecular weight is 334 g/mol. The third-order valence-corrected chi connectivity index (χ3v) is 4.55. The molecule has 3 rings (SSSR count).